The molecule has 0 N–H and O–H groups in total. The van der Waals surface area contributed by atoms with E-state index >= 15 is 0 Å². The zero-order valence-electron chi connectivity index (χ0n) is 16.6. The van der Waals surface area contributed by atoms with E-state index in [9.17, 15) is 13.6 Å². The molecule has 0 saturated heterocycles. The number of pyridine rings is 2. The number of carbonyl (C=O) groups excluding carboxylic acids is 1. The Morgan fingerprint density at radius 3 is 2.38 bits per heavy atom. The average Bonchev–Trinajstić information content (AvgIpc) is 3.55. The summed E-state index contributed by atoms with van der Waals surface area (Å²) in [5.74, 6) is -1.89. The average molecular weight is 430 g/mol. The van der Waals surface area contributed by atoms with E-state index in [2.05, 4.69) is 19.4 Å². The van der Waals surface area contributed by atoms with Crippen molar-refractivity contribution in [2.24, 2.45) is 0 Å². The second-order valence-corrected chi connectivity index (χ2v) is 6.51. The Morgan fingerprint density at radius 2 is 1.69 bits per heavy atom. The summed E-state index contributed by atoms with van der Waals surface area (Å²) in [5, 5.41) is 0. The van der Waals surface area contributed by atoms with Crippen LogP contribution in [0, 0.1) is 11.8 Å². The van der Waals surface area contributed by atoms with E-state index in [1.165, 1.54) is 12.5 Å². The van der Waals surface area contributed by atoms with E-state index < -0.39 is 11.8 Å². The molecule has 0 bridgehead atoms. The third-order valence-corrected chi connectivity index (χ3v) is 4.42. The minimum Gasteiger partial charge on any atom is -0.473 e. The summed E-state index contributed by atoms with van der Waals surface area (Å²) in [6, 6.07) is 16.4. The minimum atomic E-state index is -0.885. The maximum atomic E-state index is 14.0. The molecular weight excluding hydrogens is 414 g/mol. The van der Waals surface area contributed by atoms with Crippen LogP contribution in [0.4, 0.5) is 8.78 Å². The number of hydrogen-bond donors (Lipinski definition) is 0. The number of furan rings is 1. The highest BCUT2D eigenvalue weighted by molar-refractivity contribution is 6.06. The minimum absolute atomic E-state index is 0.204. The molecule has 0 unspecified atom stereocenters. The first-order chi connectivity index (χ1) is 15.6. The van der Waals surface area contributed by atoms with Crippen LogP contribution in [0.1, 0.15) is 16.2 Å². The molecule has 158 valence electrons. The van der Waals surface area contributed by atoms with Gasteiger partial charge in [-0.2, -0.15) is 4.39 Å². The van der Waals surface area contributed by atoms with Gasteiger partial charge in [0.25, 0.3) is 0 Å². The molecule has 5 rings (SSSR count). The summed E-state index contributed by atoms with van der Waals surface area (Å²) in [5.41, 5.74) is 1.24. The van der Waals surface area contributed by atoms with Crippen LogP contribution in [0.3, 0.4) is 0 Å². The molecule has 32 heavy (non-hydrogen) atoms. The first kappa shape index (κ1) is 20.8. The van der Waals surface area contributed by atoms with Crippen molar-refractivity contribution < 1.29 is 18.0 Å². The van der Waals surface area contributed by atoms with E-state index in [1.807, 2.05) is 12.1 Å². The third-order valence-electron chi connectivity index (χ3n) is 4.42. The van der Waals surface area contributed by atoms with Gasteiger partial charge in [0, 0.05) is 24.3 Å². The molecule has 4 heterocycles. The highest BCUT2D eigenvalue weighted by Crippen LogP contribution is 2.26. The van der Waals surface area contributed by atoms with Gasteiger partial charge in [0.1, 0.15) is 23.5 Å². The Bertz CT molecular complexity index is 1280. The van der Waals surface area contributed by atoms with Gasteiger partial charge >= 0.3 is 0 Å². The van der Waals surface area contributed by atoms with Crippen LogP contribution in [0.25, 0.3) is 16.8 Å². The molecule has 0 saturated carbocycles. The summed E-state index contributed by atoms with van der Waals surface area (Å²) < 4.78 is 34.1. The highest BCUT2D eigenvalue weighted by Gasteiger charge is 2.15. The summed E-state index contributed by atoms with van der Waals surface area (Å²) in [6.07, 6.45) is 8.87. The van der Waals surface area contributed by atoms with E-state index in [4.69, 9.17) is 0 Å². The van der Waals surface area contributed by atoms with Gasteiger partial charge in [-0.05, 0) is 48.0 Å². The number of aromatic nitrogens is 4. The Balaban J connectivity index is 0.000000433. The fraction of sp³-hybridized carbons (Fsp3) is 0. The van der Waals surface area contributed by atoms with E-state index in [0.29, 0.717) is 11.3 Å². The second kappa shape index (κ2) is 9.57. The summed E-state index contributed by atoms with van der Waals surface area (Å²) in [7, 11) is 0. The van der Waals surface area contributed by atoms with Crippen molar-refractivity contribution in [3.63, 3.8) is 0 Å². The monoisotopic (exact) mass is 430 g/mol. The molecule has 0 fully saturated rings. The number of carbonyl (C=O) groups is 1. The number of imidazole rings is 1. The predicted molar refractivity (Wildman–Crippen MR) is 113 cm³/mol. The van der Waals surface area contributed by atoms with Crippen LogP contribution in [0.15, 0.2) is 103 Å². The molecule has 6 nitrogen and oxygen atoms in total. The summed E-state index contributed by atoms with van der Waals surface area (Å²) in [4.78, 5) is 24.1. The van der Waals surface area contributed by atoms with Gasteiger partial charge in [-0.3, -0.25) is 9.78 Å². The fourth-order valence-corrected chi connectivity index (χ4v) is 2.93. The van der Waals surface area contributed by atoms with Crippen molar-refractivity contribution in [2.45, 2.75) is 0 Å². The molecule has 0 aliphatic carbocycles. The standard InChI is InChI=1S/C20H12F2N4O.C4H4O/c21-15-7-9-24-20(22)18(15)13-4-3-5-14(10-13)26-11-17(25-12-26)19(27)16-6-1-2-8-23-16;1-2-4-5-3-1/h1-12H;1-4H. The third kappa shape index (κ3) is 4.65. The molecule has 0 spiro atoms. The quantitative estimate of drug-likeness (QED) is 0.292. The molecule has 0 amide bonds. The molecule has 0 atom stereocenters. The largest absolute Gasteiger partial charge is 0.473 e. The van der Waals surface area contributed by atoms with Crippen LogP contribution >= 0.6 is 0 Å². The summed E-state index contributed by atoms with van der Waals surface area (Å²) >= 11 is 0. The number of benzene rings is 1. The van der Waals surface area contributed by atoms with Gasteiger partial charge in [-0.25, -0.2) is 14.4 Å². The number of ketones is 1. The lowest BCUT2D eigenvalue weighted by molar-refractivity contribution is 0.103. The zero-order chi connectivity index (χ0) is 22.3. The fourth-order valence-electron chi connectivity index (χ4n) is 2.93. The first-order valence-electron chi connectivity index (χ1n) is 9.51. The van der Waals surface area contributed by atoms with Gasteiger partial charge < -0.3 is 8.98 Å². The number of nitrogens with zero attached hydrogens (tertiary/aromatic N) is 4. The van der Waals surface area contributed by atoms with Crippen LogP contribution in [0.5, 0.6) is 0 Å². The van der Waals surface area contributed by atoms with Crippen molar-refractivity contribution in [1.29, 1.82) is 0 Å². The lowest BCUT2D eigenvalue weighted by atomic mass is 10.1. The van der Waals surface area contributed by atoms with Crippen LogP contribution in [0.2, 0.25) is 0 Å². The van der Waals surface area contributed by atoms with E-state index in [-0.39, 0.29) is 22.7 Å². The van der Waals surface area contributed by atoms with Gasteiger partial charge in [0.2, 0.25) is 11.7 Å². The zero-order valence-corrected chi connectivity index (χ0v) is 16.6. The van der Waals surface area contributed by atoms with Crippen LogP contribution in [-0.2, 0) is 0 Å². The molecule has 1 aromatic carbocycles. The highest BCUT2D eigenvalue weighted by atomic mass is 19.1. The van der Waals surface area contributed by atoms with Gasteiger partial charge in [0.15, 0.2) is 0 Å². The molecule has 0 aliphatic heterocycles. The van der Waals surface area contributed by atoms with Gasteiger partial charge in [-0.15, -0.1) is 0 Å². The van der Waals surface area contributed by atoms with Crippen LogP contribution < -0.4 is 0 Å². The Morgan fingerprint density at radius 1 is 0.844 bits per heavy atom. The number of rotatable bonds is 4. The van der Waals surface area contributed by atoms with E-state index in [1.54, 1.807) is 65.8 Å². The molecule has 4 aromatic heterocycles. The topological polar surface area (TPSA) is 73.8 Å². The first-order valence-corrected chi connectivity index (χ1v) is 9.51. The lowest BCUT2D eigenvalue weighted by Gasteiger charge is -2.07. The molecule has 5 aromatic rings. The van der Waals surface area contributed by atoms with Crippen molar-refractivity contribution >= 4 is 5.78 Å². The van der Waals surface area contributed by atoms with Gasteiger partial charge in [0.05, 0.1) is 18.1 Å². The van der Waals surface area contributed by atoms with Crippen molar-refractivity contribution in [3.8, 4) is 16.8 Å². The van der Waals surface area contributed by atoms with Crippen molar-refractivity contribution in [2.75, 3.05) is 0 Å². The predicted octanol–water partition coefficient (Wildman–Crippen LogP) is 5.12. The summed E-state index contributed by atoms with van der Waals surface area (Å²) in [6.45, 7) is 0. The normalized spacial score (nSPS) is 10.3. The Labute approximate surface area is 181 Å². The molecule has 8 heteroatoms. The maximum Gasteiger partial charge on any atom is 0.231 e. The maximum absolute atomic E-state index is 14.0. The lowest BCUT2D eigenvalue weighted by Crippen LogP contribution is -2.03. The molecule has 0 radical (unpaired) electrons. The smallest absolute Gasteiger partial charge is 0.231 e. The van der Waals surface area contributed by atoms with Crippen molar-refractivity contribution in [3.05, 3.63) is 121 Å². The Kier molecular flexibility index (Phi) is 6.22. The van der Waals surface area contributed by atoms with Crippen molar-refractivity contribution in [1.82, 2.24) is 19.5 Å². The SMILES string of the molecule is O=C(c1ccccn1)c1cn(-c2cccc(-c3c(F)ccnc3F)c2)cn1.c1ccoc1. The second-order valence-electron chi connectivity index (χ2n) is 6.51. The van der Waals surface area contributed by atoms with Crippen LogP contribution in [-0.4, -0.2) is 25.3 Å². The van der Waals surface area contributed by atoms with E-state index in [0.717, 1.165) is 12.3 Å². The number of hydrogen-bond acceptors (Lipinski definition) is 5. The van der Waals surface area contributed by atoms with Gasteiger partial charge in [-0.1, -0.05) is 18.2 Å². The Hall–Kier alpha value is -4.46. The number of halogens is 2. The molecular formula is C24H16F2N4O2. The molecule has 0 aliphatic rings.